The van der Waals surface area contributed by atoms with E-state index >= 15 is 0 Å². The zero-order valence-electron chi connectivity index (χ0n) is 8.38. The van der Waals surface area contributed by atoms with Gasteiger partial charge in [0.25, 0.3) is 0 Å². The first-order valence-corrected chi connectivity index (χ1v) is 5.05. The molecule has 1 fully saturated rings. The smallest absolute Gasteiger partial charge is 0.0323 e. The fourth-order valence-corrected chi connectivity index (χ4v) is 2.05. The fraction of sp³-hybridized carbons (Fsp3) is 0.500. The van der Waals surface area contributed by atoms with Gasteiger partial charge < -0.3 is 5.32 Å². The predicted octanol–water partition coefficient (Wildman–Crippen LogP) is 2.67. The van der Waals surface area contributed by atoms with Crippen LogP contribution in [0.1, 0.15) is 30.5 Å². The lowest BCUT2D eigenvalue weighted by atomic mass is 10.00. The van der Waals surface area contributed by atoms with Crippen molar-refractivity contribution in [1.29, 1.82) is 0 Å². The number of hydrogen-bond acceptors (Lipinski definition) is 1. The molecule has 1 aliphatic heterocycles. The molecule has 0 spiro atoms. The molecule has 1 heterocycles. The molecule has 2 atom stereocenters. The van der Waals surface area contributed by atoms with Crippen LogP contribution in [0.15, 0.2) is 24.3 Å². The molecule has 1 N–H and O–H groups in total. The molecule has 0 bridgehead atoms. The number of aryl methyl sites for hydroxylation is 1. The maximum absolute atomic E-state index is 3.55. The summed E-state index contributed by atoms with van der Waals surface area (Å²) < 4.78 is 0. The van der Waals surface area contributed by atoms with Gasteiger partial charge in [0.1, 0.15) is 0 Å². The van der Waals surface area contributed by atoms with E-state index in [0.717, 1.165) is 5.92 Å². The minimum Gasteiger partial charge on any atom is -0.310 e. The molecule has 0 aliphatic carbocycles. The summed E-state index contributed by atoms with van der Waals surface area (Å²) in [5, 5.41) is 3.55. The third kappa shape index (κ3) is 1.92. The van der Waals surface area contributed by atoms with Crippen molar-refractivity contribution in [3.05, 3.63) is 35.4 Å². The van der Waals surface area contributed by atoms with E-state index in [1.165, 1.54) is 24.1 Å². The standard InChI is InChI=1S/C12H17N/c1-9-4-3-5-11(6-9)12-7-10(2)8-13-12/h3-6,10,12-13H,7-8H2,1-2H3/t10-,12-/m1/s1. The van der Waals surface area contributed by atoms with Crippen LogP contribution < -0.4 is 5.32 Å². The summed E-state index contributed by atoms with van der Waals surface area (Å²) in [5.74, 6) is 0.825. The lowest BCUT2D eigenvalue weighted by Gasteiger charge is -2.10. The Balaban J connectivity index is 2.16. The van der Waals surface area contributed by atoms with Crippen molar-refractivity contribution < 1.29 is 0 Å². The molecular formula is C12H17N. The highest BCUT2D eigenvalue weighted by Crippen LogP contribution is 2.26. The van der Waals surface area contributed by atoms with Gasteiger partial charge in [-0.15, -0.1) is 0 Å². The molecule has 0 amide bonds. The molecule has 70 valence electrons. The van der Waals surface area contributed by atoms with Gasteiger partial charge in [0.15, 0.2) is 0 Å². The van der Waals surface area contributed by atoms with Crippen LogP contribution >= 0.6 is 0 Å². The first-order valence-electron chi connectivity index (χ1n) is 5.05. The molecule has 13 heavy (non-hydrogen) atoms. The van der Waals surface area contributed by atoms with Gasteiger partial charge in [0.05, 0.1) is 0 Å². The predicted molar refractivity (Wildman–Crippen MR) is 55.7 cm³/mol. The molecule has 1 aromatic carbocycles. The molecule has 0 radical (unpaired) electrons. The Kier molecular flexibility index (Phi) is 2.36. The number of hydrogen-bond donors (Lipinski definition) is 1. The zero-order valence-corrected chi connectivity index (χ0v) is 8.38. The fourth-order valence-electron chi connectivity index (χ4n) is 2.05. The molecule has 1 heteroatoms. The third-order valence-corrected chi connectivity index (χ3v) is 2.80. The van der Waals surface area contributed by atoms with Gasteiger partial charge >= 0.3 is 0 Å². The first kappa shape index (κ1) is 8.76. The molecule has 0 aromatic heterocycles. The zero-order chi connectivity index (χ0) is 9.26. The summed E-state index contributed by atoms with van der Waals surface area (Å²) in [4.78, 5) is 0. The Morgan fingerprint density at radius 1 is 1.38 bits per heavy atom. The number of benzene rings is 1. The Labute approximate surface area is 80.2 Å². The van der Waals surface area contributed by atoms with Crippen LogP contribution in [0.4, 0.5) is 0 Å². The van der Waals surface area contributed by atoms with Crippen LogP contribution in [0.3, 0.4) is 0 Å². The molecule has 1 saturated heterocycles. The van der Waals surface area contributed by atoms with Gasteiger partial charge in [-0.3, -0.25) is 0 Å². The minimum absolute atomic E-state index is 0.592. The summed E-state index contributed by atoms with van der Waals surface area (Å²) in [6.45, 7) is 5.63. The van der Waals surface area contributed by atoms with Crippen molar-refractivity contribution in [2.24, 2.45) is 5.92 Å². The first-order chi connectivity index (χ1) is 6.25. The highest BCUT2D eigenvalue weighted by Gasteiger charge is 2.21. The highest BCUT2D eigenvalue weighted by atomic mass is 14.9. The quantitative estimate of drug-likeness (QED) is 0.692. The van der Waals surface area contributed by atoms with E-state index < -0.39 is 0 Å². The van der Waals surface area contributed by atoms with Crippen molar-refractivity contribution in [3.63, 3.8) is 0 Å². The maximum Gasteiger partial charge on any atom is 0.0323 e. The second-order valence-electron chi connectivity index (χ2n) is 4.22. The van der Waals surface area contributed by atoms with E-state index in [4.69, 9.17) is 0 Å². The molecule has 0 unspecified atom stereocenters. The number of nitrogens with one attached hydrogen (secondary N) is 1. The van der Waals surface area contributed by atoms with E-state index in [9.17, 15) is 0 Å². The normalized spacial score (nSPS) is 27.8. The van der Waals surface area contributed by atoms with Crippen LogP contribution in [0.25, 0.3) is 0 Å². The molecular weight excluding hydrogens is 158 g/mol. The summed E-state index contributed by atoms with van der Waals surface area (Å²) in [6, 6.07) is 9.41. The van der Waals surface area contributed by atoms with Gasteiger partial charge in [0.2, 0.25) is 0 Å². The van der Waals surface area contributed by atoms with Crippen molar-refractivity contribution in [3.8, 4) is 0 Å². The third-order valence-electron chi connectivity index (χ3n) is 2.80. The lowest BCUT2D eigenvalue weighted by molar-refractivity contribution is 0.611. The second kappa shape index (κ2) is 3.51. The van der Waals surface area contributed by atoms with Gasteiger partial charge in [-0.05, 0) is 31.4 Å². The van der Waals surface area contributed by atoms with E-state index in [1.807, 2.05) is 0 Å². The van der Waals surface area contributed by atoms with Crippen molar-refractivity contribution in [2.75, 3.05) is 6.54 Å². The second-order valence-corrected chi connectivity index (χ2v) is 4.22. The van der Waals surface area contributed by atoms with Gasteiger partial charge in [0, 0.05) is 6.04 Å². The Morgan fingerprint density at radius 2 is 2.23 bits per heavy atom. The lowest BCUT2D eigenvalue weighted by Crippen LogP contribution is -2.13. The van der Waals surface area contributed by atoms with Gasteiger partial charge in [-0.1, -0.05) is 36.8 Å². The Morgan fingerprint density at radius 3 is 2.85 bits per heavy atom. The van der Waals surface area contributed by atoms with Crippen molar-refractivity contribution >= 4 is 0 Å². The summed E-state index contributed by atoms with van der Waals surface area (Å²) >= 11 is 0. The van der Waals surface area contributed by atoms with Gasteiger partial charge in [-0.2, -0.15) is 0 Å². The molecule has 1 aromatic rings. The molecule has 1 aliphatic rings. The average Bonchev–Trinajstić information content (AvgIpc) is 2.52. The minimum atomic E-state index is 0.592. The van der Waals surface area contributed by atoms with Crippen molar-refractivity contribution in [2.45, 2.75) is 26.3 Å². The molecule has 2 rings (SSSR count). The van der Waals surface area contributed by atoms with Crippen LogP contribution in [-0.4, -0.2) is 6.54 Å². The number of rotatable bonds is 1. The largest absolute Gasteiger partial charge is 0.310 e. The summed E-state index contributed by atoms with van der Waals surface area (Å²) in [5.41, 5.74) is 2.81. The van der Waals surface area contributed by atoms with E-state index in [-0.39, 0.29) is 0 Å². The summed E-state index contributed by atoms with van der Waals surface area (Å²) in [6.07, 6.45) is 1.28. The van der Waals surface area contributed by atoms with Crippen molar-refractivity contribution in [1.82, 2.24) is 5.32 Å². The van der Waals surface area contributed by atoms with Crippen LogP contribution in [0, 0.1) is 12.8 Å². The van der Waals surface area contributed by atoms with Crippen LogP contribution in [0.5, 0.6) is 0 Å². The van der Waals surface area contributed by atoms with Crippen LogP contribution in [-0.2, 0) is 0 Å². The van der Waals surface area contributed by atoms with E-state index in [2.05, 4.69) is 43.4 Å². The molecule has 1 nitrogen and oxygen atoms in total. The van der Waals surface area contributed by atoms with E-state index in [1.54, 1.807) is 0 Å². The SMILES string of the molecule is Cc1cccc([C@H]2C[C@@H](C)CN2)c1. The Bertz CT molecular complexity index is 293. The summed E-state index contributed by atoms with van der Waals surface area (Å²) in [7, 11) is 0. The Hall–Kier alpha value is -0.820. The monoisotopic (exact) mass is 175 g/mol. The highest BCUT2D eigenvalue weighted by molar-refractivity contribution is 5.25. The molecule has 0 saturated carbocycles. The maximum atomic E-state index is 3.55. The van der Waals surface area contributed by atoms with E-state index in [0.29, 0.717) is 6.04 Å². The average molecular weight is 175 g/mol. The van der Waals surface area contributed by atoms with Gasteiger partial charge in [-0.25, -0.2) is 0 Å². The van der Waals surface area contributed by atoms with Crippen LogP contribution in [0.2, 0.25) is 0 Å². The topological polar surface area (TPSA) is 12.0 Å².